The van der Waals surface area contributed by atoms with Crippen molar-refractivity contribution in [3.8, 4) is 0 Å². The number of hydrogen-bond acceptors (Lipinski definition) is 2. The average Bonchev–Trinajstić information content (AvgIpc) is 2.37. The first-order valence-corrected chi connectivity index (χ1v) is 7.20. The number of hydrogen-bond donors (Lipinski definition) is 1. The normalized spacial score (nSPS) is 24.2. The highest BCUT2D eigenvalue weighted by Crippen LogP contribution is 2.60. The zero-order chi connectivity index (χ0) is 13.5. The molecule has 2 N–H and O–H groups in total. The minimum atomic E-state index is -0.291. The van der Waals surface area contributed by atoms with E-state index in [0.29, 0.717) is 17.0 Å². The van der Waals surface area contributed by atoms with Crippen LogP contribution in [0.15, 0.2) is 18.2 Å². The van der Waals surface area contributed by atoms with E-state index in [9.17, 15) is 4.39 Å². The zero-order valence-corrected chi connectivity index (χ0v) is 11.7. The summed E-state index contributed by atoms with van der Waals surface area (Å²) in [6.45, 7) is 2.26. The summed E-state index contributed by atoms with van der Waals surface area (Å²) in [5.74, 6) is -0.291. The lowest BCUT2D eigenvalue weighted by Crippen LogP contribution is -2.55. The van der Waals surface area contributed by atoms with Crippen LogP contribution < -0.4 is 5.73 Å². The largest absolute Gasteiger partial charge is 0.381 e. The average molecular weight is 284 g/mol. The van der Waals surface area contributed by atoms with Crippen LogP contribution in [0.5, 0.6) is 0 Å². The molecule has 2 aliphatic rings. The van der Waals surface area contributed by atoms with E-state index in [2.05, 4.69) is 0 Å². The van der Waals surface area contributed by atoms with Crippen LogP contribution in [0, 0.1) is 11.2 Å². The Morgan fingerprint density at radius 3 is 2.53 bits per heavy atom. The third-order valence-corrected chi connectivity index (χ3v) is 5.19. The van der Waals surface area contributed by atoms with Crippen LogP contribution in [0.2, 0.25) is 5.02 Å². The number of rotatable bonds is 2. The summed E-state index contributed by atoms with van der Waals surface area (Å²) in [5.41, 5.74) is 7.33. The molecule has 0 atom stereocenters. The molecule has 1 saturated carbocycles. The molecule has 0 aromatic heterocycles. The fourth-order valence-electron chi connectivity index (χ4n) is 3.91. The van der Waals surface area contributed by atoms with Gasteiger partial charge >= 0.3 is 0 Å². The van der Waals surface area contributed by atoms with Crippen molar-refractivity contribution in [3.05, 3.63) is 34.6 Å². The second kappa shape index (κ2) is 4.72. The lowest BCUT2D eigenvalue weighted by Gasteiger charge is -2.58. The van der Waals surface area contributed by atoms with Crippen LogP contribution in [0.25, 0.3) is 0 Å². The predicted octanol–water partition coefficient (Wildman–Crippen LogP) is 3.27. The summed E-state index contributed by atoms with van der Waals surface area (Å²) < 4.78 is 18.6. The number of ether oxygens (including phenoxy) is 1. The first-order chi connectivity index (χ1) is 9.09. The van der Waals surface area contributed by atoms with Crippen molar-refractivity contribution in [2.24, 2.45) is 11.1 Å². The van der Waals surface area contributed by atoms with Gasteiger partial charge in [0, 0.05) is 30.2 Å². The third kappa shape index (κ3) is 2.18. The van der Waals surface area contributed by atoms with Gasteiger partial charge in [-0.25, -0.2) is 4.39 Å². The molecule has 1 spiro atoms. The predicted molar refractivity (Wildman–Crippen MR) is 73.9 cm³/mol. The molecule has 104 valence electrons. The summed E-state index contributed by atoms with van der Waals surface area (Å²) in [5, 5.41) is 0.507. The van der Waals surface area contributed by atoms with Gasteiger partial charge in [0.15, 0.2) is 0 Å². The molecule has 0 unspecified atom stereocenters. The Hall–Kier alpha value is -0.640. The van der Waals surface area contributed by atoms with E-state index in [1.807, 2.05) is 0 Å². The Morgan fingerprint density at radius 1 is 1.26 bits per heavy atom. The first kappa shape index (κ1) is 13.3. The minimum Gasteiger partial charge on any atom is -0.381 e. The van der Waals surface area contributed by atoms with Gasteiger partial charge in [-0.15, -0.1) is 0 Å². The molecule has 1 aliphatic heterocycles. The summed E-state index contributed by atoms with van der Waals surface area (Å²) in [4.78, 5) is 0. The standard InChI is InChI=1S/C15H19ClFNO/c16-13-7-11(17)1-2-12(13)15(10-18)8-14(9-15)3-5-19-6-4-14/h1-2,7H,3-6,8-10,18H2. The van der Waals surface area contributed by atoms with E-state index >= 15 is 0 Å². The van der Waals surface area contributed by atoms with Gasteiger partial charge in [0.05, 0.1) is 0 Å². The van der Waals surface area contributed by atoms with Crippen molar-refractivity contribution >= 4 is 11.6 Å². The highest BCUT2D eigenvalue weighted by molar-refractivity contribution is 6.31. The van der Waals surface area contributed by atoms with E-state index in [1.54, 1.807) is 6.07 Å². The van der Waals surface area contributed by atoms with Gasteiger partial charge in [0.25, 0.3) is 0 Å². The molecule has 4 heteroatoms. The zero-order valence-electron chi connectivity index (χ0n) is 10.9. The second-order valence-corrected chi connectivity index (χ2v) is 6.48. The van der Waals surface area contributed by atoms with Gasteiger partial charge in [-0.1, -0.05) is 17.7 Å². The molecule has 19 heavy (non-hydrogen) atoms. The van der Waals surface area contributed by atoms with Gasteiger partial charge in [-0.2, -0.15) is 0 Å². The van der Waals surface area contributed by atoms with Crippen LogP contribution in [0.3, 0.4) is 0 Å². The van der Waals surface area contributed by atoms with Crippen molar-refractivity contribution in [1.29, 1.82) is 0 Å². The molecule has 0 bridgehead atoms. The lowest BCUT2D eigenvalue weighted by atomic mass is 9.48. The summed E-state index contributed by atoms with van der Waals surface area (Å²) in [6, 6.07) is 4.67. The molecule has 3 rings (SSSR count). The Kier molecular flexibility index (Phi) is 3.32. The topological polar surface area (TPSA) is 35.2 Å². The van der Waals surface area contributed by atoms with Gasteiger partial charge in [-0.05, 0) is 48.8 Å². The maximum absolute atomic E-state index is 13.2. The Morgan fingerprint density at radius 2 is 1.95 bits per heavy atom. The molecule has 1 saturated heterocycles. The number of benzene rings is 1. The first-order valence-electron chi connectivity index (χ1n) is 6.83. The molecular formula is C15H19ClFNO. The minimum absolute atomic E-state index is 0.0673. The Balaban J connectivity index is 1.86. The van der Waals surface area contributed by atoms with Crippen molar-refractivity contribution in [3.63, 3.8) is 0 Å². The molecule has 2 nitrogen and oxygen atoms in total. The van der Waals surface area contributed by atoms with Crippen LogP contribution in [-0.4, -0.2) is 19.8 Å². The monoisotopic (exact) mass is 283 g/mol. The smallest absolute Gasteiger partial charge is 0.124 e. The van der Waals surface area contributed by atoms with Gasteiger partial charge < -0.3 is 10.5 Å². The maximum Gasteiger partial charge on any atom is 0.124 e. The SMILES string of the molecule is NCC1(c2ccc(F)cc2Cl)CC2(CCOCC2)C1. The molecule has 0 amide bonds. The molecule has 1 aromatic carbocycles. The molecule has 1 heterocycles. The van der Waals surface area contributed by atoms with E-state index in [-0.39, 0.29) is 11.2 Å². The van der Waals surface area contributed by atoms with E-state index in [1.165, 1.54) is 12.1 Å². The second-order valence-electron chi connectivity index (χ2n) is 6.07. The van der Waals surface area contributed by atoms with Crippen molar-refractivity contribution in [2.45, 2.75) is 31.1 Å². The van der Waals surface area contributed by atoms with Crippen molar-refractivity contribution in [1.82, 2.24) is 0 Å². The van der Waals surface area contributed by atoms with E-state index < -0.39 is 0 Å². The van der Waals surface area contributed by atoms with Crippen LogP contribution in [0.1, 0.15) is 31.2 Å². The van der Waals surface area contributed by atoms with Gasteiger partial charge in [0.2, 0.25) is 0 Å². The van der Waals surface area contributed by atoms with Crippen molar-refractivity contribution in [2.75, 3.05) is 19.8 Å². The summed E-state index contributed by atoms with van der Waals surface area (Å²) >= 11 is 6.21. The summed E-state index contributed by atoms with van der Waals surface area (Å²) in [7, 11) is 0. The molecule has 0 radical (unpaired) electrons. The fraction of sp³-hybridized carbons (Fsp3) is 0.600. The van der Waals surface area contributed by atoms with Gasteiger partial charge in [-0.3, -0.25) is 0 Å². The van der Waals surface area contributed by atoms with Crippen LogP contribution >= 0.6 is 11.6 Å². The molecular weight excluding hydrogens is 265 g/mol. The Labute approximate surface area is 118 Å². The number of halogens is 2. The molecule has 1 aliphatic carbocycles. The van der Waals surface area contributed by atoms with Crippen LogP contribution in [0.4, 0.5) is 4.39 Å². The lowest BCUT2D eigenvalue weighted by molar-refractivity contribution is -0.0714. The van der Waals surface area contributed by atoms with E-state index in [4.69, 9.17) is 22.1 Å². The maximum atomic E-state index is 13.2. The molecule has 2 fully saturated rings. The van der Waals surface area contributed by atoms with Crippen molar-refractivity contribution < 1.29 is 9.13 Å². The van der Waals surface area contributed by atoms with Crippen LogP contribution in [-0.2, 0) is 10.2 Å². The fourth-order valence-corrected chi connectivity index (χ4v) is 4.27. The Bertz CT molecular complexity index is 477. The highest BCUT2D eigenvalue weighted by Gasteiger charge is 2.55. The summed E-state index contributed by atoms with van der Waals surface area (Å²) in [6.07, 6.45) is 4.30. The van der Waals surface area contributed by atoms with Gasteiger partial charge in [0.1, 0.15) is 5.82 Å². The quantitative estimate of drug-likeness (QED) is 0.904. The third-order valence-electron chi connectivity index (χ3n) is 4.87. The van der Waals surface area contributed by atoms with E-state index in [0.717, 1.165) is 44.5 Å². The molecule has 1 aromatic rings. The highest BCUT2D eigenvalue weighted by atomic mass is 35.5. The number of nitrogens with two attached hydrogens (primary N) is 1.